The van der Waals surface area contributed by atoms with Crippen molar-refractivity contribution in [3.63, 3.8) is 0 Å². The van der Waals surface area contributed by atoms with Gasteiger partial charge in [-0.3, -0.25) is 4.90 Å². The van der Waals surface area contributed by atoms with E-state index in [4.69, 9.17) is 5.26 Å². The Balaban J connectivity index is 2.32. The van der Waals surface area contributed by atoms with E-state index in [-0.39, 0.29) is 6.04 Å². The molecule has 1 atom stereocenters. The van der Waals surface area contributed by atoms with Crippen LogP contribution in [0.5, 0.6) is 0 Å². The summed E-state index contributed by atoms with van der Waals surface area (Å²) in [6, 6.07) is 2.42. The average molecular weight is 210 g/mol. The third kappa shape index (κ3) is 3.78. The first-order valence-electron chi connectivity index (χ1n) is 5.88. The first kappa shape index (κ1) is 12.4. The number of likely N-dealkylation sites (N-methyl/N-ethyl adjacent to an activating group) is 1. The molecule has 1 saturated heterocycles. The second-order valence-electron chi connectivity index (χ2n) is 3.91. The summed E-state index contributed by atoms with van der Waals surface area (Å²) in [6.07, 6.45) is 0. The summed E-state index contributed by atoms with van der Waals surface area (Å²) in [4.78, 5) is 4.69. The third-order valence-corrected chi connectivity index (χ3v) is 3.10. The number of nitrogens with zero attached hydrogens (tertiary/aromatic N) is 3. The van der Waals surface area contributed by atoms with Crippen LogP contribution >= 0.6 is 0 Å². The smallest absolute Gasteiger partial charge is 0.110 e. The highest BCUT2D eigenvalue weighted by Crippen LogP contribution is 2.02. The fourth-order valence-corrected chi connectivity index (χ4v) is 1.95. The molecule has 15 heavy (non-hydrogen) atoms. The van der Waals surface area contributed by atoms with Gasteiger partial charge >= 0.3 is 0 Å². The number of hydrogen-bond acceptors (Lipinski definition) is 4. The monoisotopic (exact) mass is 210 g/mol. The SMILES string of the molecule is CCN(CC)CCN1CCNCC1C#N. The maximum absolute atomic E-state index is 9.00. The largest absolute Gasteiger partial charge is 0.313 e. The van der Waals surface area contributed by atoms with Crippen LogP contribution in [0, 0.1) is 11.3 Å². The summed E-state index contributed by atoms with van der Waals surface area (Å²) in [5.74, 6) is 0. The van der Waals surface area contributed by atoms with E-state index < -0.39 is 0 Å². The van der Waals surface area contributed by atoms with Crippen LogP contribution in [-0.4, -0.2) is 61.7 Å². The van der Waals surface area contributed by atoms with Crippen LogP contribution in [0.25, 0.3) is 0 Å². The van der Waals surface area contributed by atoms with Crippen LogP contribution in [0.3, 0.4) is 0 Å². The lowest BCUT2D eigenvalue weighted by Crippen LogP contribution is -2.52. The molecule has 0 spiro atoms. The quantitative estimate of drug-likeness (QED) is 0.700. The van der Waals surface area contributed by atoms with Gasteiger partial charge in [0.25, 0.3) is 0 Å². The van der Waals surface area contributed by atoms with Crippen molar-refractivity contribution in [1.29, 1.82) is 5.26 Å². The summed E-state index contributed by atoms with van der Waals surface area (Å²) in [5, 5.41) is 12.2. The Kier molecular flexibility index (Phi) is 5.62. The second-order valence-corrected chi connectivity index (χ2v) is 3.91. The van der Waals surface area contributed by atoms with Crippen LogP contribution in [0.15, 0.2) is 0 Å². The molecule has 0 bridgehead atoms. The Bertz CT molecular complexity index is 207. The van der Waals surface area contributed by atoms with E-state index >= 15 is 0 Å². The number of hydrogen-bond donors (Lipinski definition) is 1. The number of rotatable bonds is 5. The molecule has 4 nitrogen and oxygen atoms in total. The fourth-order valence-electron chi connectivity index (χ4n) is 1.95. The van der Waals surface area contributed by atoms with Gasteiger partial charge < -0.3 is 10.2 Å². The highest BCUT2D eigenvalue weighted by molar-refractivity contribution is 4.96. The zero-order valence-corrected chi connectivity index (χ0v) is 9.87. The van der Waals surface area contributed by atoms with Crippen LogP contribution in [0.1, 0.15) is 13.8 Å². The predicted molar refractivity (Wildman–Crippen MR) is 61.6 cm³/mol. The van der Waals surface area contributed by atoms with Gasteiger partial charge in [-0.15, -0.1) is 0 Å². The van der Waals surface area contributed by atoms with Crippen molar-refractivity contribution in [3.05, 3.63) is 0 Å². The first-order valence-corrected chi connectivity index (χ1v) is 5.88. The van der Waals surface area contributed by atoms with Crippen molar-refractivity contribution in [3.8, 4) is 6.07 Å². The lowest BCUT2D eigenvalue weighted by Gasteiger charge is -2.33. The van der Waals surface area contributed by atoms with E-state index in [1.807, 2.05) is 0 Å². The molecule has 1 aliphatic heterocycles. The summed E-state index contributed by atoms with van der Waals surface area (Å²) < 4.78 is 0. The molecule has 1 fully saturated rings. The molecule has 0 aliphatic carbocycles. The average Bonchev–Trinajstić information content (AvgIpc) is 2.31. The zero-order valence-electron chi connectivity index (χ0n) is 9.87. The van der Waals surface area contributed by atoms with E-state index in [1.54, 1.807) is 0 Å². The van der Waals surface area contributed by atoms with Gasteiger partial charge in [-0.05, 0) is 13.1 Å². The van der Waals surface area contributed by atoms with Crippen molar-refractivity contribution >= 4 is 0 Å². The molecular weight excluding hydrogens is 188 g/mol. The van der Waals surface area contributed by atoms with Crippen molar-refractivity contribution in [2.75, 3.05) is 45.8 Å². The molecule has 0 aromatic heterocycles. The Hall–Kier alpha value is -0.630. The van der Waals surface area contributed by atoms with Gasteiger partial charge in [-0.25, -0.2) is 0 Å². The molecule has 1 heterocycles. The number of nitriles is 1. The molecule has 1 unspecified atom stereocenters. The van der Waals surface area contributed by atoms with Crippen LogP contribution in [0.2, 0.25) is 0 Å². The van der Waals surface area contributed by atoms with Crippen molar-refractivity contribution < 1.29 is 0 Å². The van der Waals surface area contributed by atoms with Gasteiger partial charge in [0.05, 0.1) is 6.07 Å². The molecule has 0 radical (unpaired) electrons. The zero-order chi connectivity index (χ0) is 11.1. The van der Waals surface area contributed by atoms with Crippen molar-refractivity contribution in [1.82, 2.24) is 15.1 Å². The van der Waals surface area contributed by atoms with Crippen LogP contribution < -0.4 is 5.32 Å². The van der Waals surface area contributed by atoms with Crippen LogP contribution in [-0.2, 0) is 0 Å². The molecule has 0 aromatic carbocycles. The highest BCUT2D eigenvalue weighted by Gasteiger charge is 2.21. The van der Waals surface area contributed by atoms with Gasteiger partial charge in [0.1, 0.15) is 6.04 Å². The van der Waals surface area contributed by atoms with Gasteiger partial charge in [0.15, 0.2) is 0 Å². The first-order chi connectivity index (χ1) is 7.31. The molecule has 0 saturated carbocycles. The van der Waals surface area contributed by atoms with E-state index in [9.17, 15) is 0 Å². The van der Waals surface area contributed by atoms with Crippen LogP contribution in [0.4, 0.5) is 0 Å². The van der Waals surface area contributed by atoms with E-state index in [1.165, 1.54) is 0 Å². The summed E-state index contributed by atoms with van der Waals surface area (Å²) in [7, 11) is 0. The Morgan fingerprint density at radius 1 is 1.47 bits per heavy atom. The van der Waals surface area contributed by atoms with Crippen molar-refractivity contribution in [2.45, 2.75) is 19.9 Å². The summed E-state index contributed by atoms with van der Waals surface area (Å²) >= 11 is 0. The predicted octanol–water partition coefficient (Wildman–Crippen LogP) is 0.126. The molecule has 0 amide bonds. The minimum atomic E-state index is 0.0642. The topological polar surface area (TPSA) is 42.3 Å². The Labute approximate surface area is 92.8 Å². The van der Waals surface area contributed by atoms with E-state index in [0.717, 1.165) is 45.8 Å². The molecule has 0 aromatic rings. The van der Waals surface area contributed by atoms with E-state index in [0.29, 0.717) is 0 Å². The number of nitrogens with one attached hydrogen (secondary N) is 1. The lowest BCUT2D eigenvalue weighted by molar-refractivity contribution is 0.166. The minimum absolute atomic E-state index is 0.0642. The lowest BCUT2D eigenvalue weighted by atomic mass is 10.2. The molecule has 1 aliphatic rings. The fraction of sp³-hybridized carbons (Fsp3) is 0.909. The third-order valence-electron chi connectivity index (χ3n) is 3.10. The van der Waals surface area contributed by atoms with Gasteiger partial charge in [-0.2, -0.15) is 5.26 Å². The molecule has 4 heteroatoms. The number of piperazine rings is 1. The Morgan fingerprint density at radius 2 is 2.20 bits per heavy atom. The molecule has 1 rings (SSSR count). The van der Waals surface area contributed by atoms with Crippen molar-refractivity contribution in [2.24, 2.45) is 0 Å². The van der Waals surface area contributed by atoms with Gasteiger partial charge in [0, 0.05) is 32.7 Å². The van der Waals surface area contributed by atoms with Gasteiger partial charge in [-0.1, -0.05) is 13.8 Å². The van der Waals surface area contributed by atoms with E-state index in [2.05, 4.69) is 35.0 Å². The molecule has 1 N–H and O–H groups in total. The van der Waals surface area contributed by atoms with Gasteiger partial charge in [0.2, 0.25) is 0 Å². The molecular formula is C11H22N4. The minimum Gasteiger partial charge on any atom is -0.313 e. The second kappa shape index (κ2) is 6.78. The normalized spacial score (nSPS) is 22.9. The standard InChI is InChI=1S/C11H22N4/c1-3-14(4-2)7-8-15-6-5-13-10-11(15)9-12/h11,13H,3-8,10H2,1-2H3. The molecule has 86 valence electrons. The summed E-state index contributed by atoms with van der Waals surface area (Å²) in [5.41, 5.74) is 0. The maximum Gasteiger partial charge on any atom is 0.110 e. The Morgan fingerprint density at radius 3 is 2.80 bits per heavy atom. The maximum atomic E-state index is 9.00. The highest BCUT2D eigenvalue weighted by atomic mass is 15.2. The summed E-state index contributed by atoms with van der Waals surface area (Å²) in [6.45, 7) is 11.5.